The summed E-state index contributed by atoms with van der Waals surface area (Å²) in [7, 11) is 0. The SMILES string of the molecule is CCCCCCNCc1ccccc1CNC(=O)OC(C)(C)C. The van der Waals surface area contributed by atoms with Crippen molar-refractivity contribution >= 4 is 6.09 Å². The van der Waals surface area contributed by atoms with E-state index in [0.29, 0.717) is 6.54 Å². The lowest BCUT2D eigenvalue weighted by molar-refractivity contribution is 0.0523. The third-order valence-electron chi connectivity index (χ3n) is 3.46. The van der Waals surface area contributed by atoms with Gasteiger partial charge in [-0.1, -0.05) is 50.5 Å². The Hall–Kier alpha value is -1.55. The molecule has 23 heavy (non-hydrogen) atoms. The third kappa shape index (κ3) is 9.24. The van der Waals surface area contributed by atoms with Crippen LogP contribution in [0.2, 0.25) is 0 Å². The number of nitrogens with one attached hydrogen (secondary N) is 2. The molecule has 0 aromatic heterocycles. The van der Waals surface area contributed by atoms with Gasteiger partial charge in [-0.05, 0) is 44.9 Å². The van der Waals surface area contributed by atoms with E-state index in [-0.39, 0.29) is 6.09 Å². The van der Waals surface area contributed by atoms with Gasteiger partial charge in [0.1, 0.15) is 5.60 Å². The Morgan fingerprint density at radius 1 is 1.04 bits per heavy atom. The summed E-state index contributed by atoms with van der Waals surface area (Å²) in [5.41, 5.74) is 1.88. The Morgan fingerprint density at radius 2 is 1.70 bits per heavy atom. The number of carbonyl (C=O) groups is 1. The fourth-order valence-electron chi connectivity index (χ4n) is 2.28. The van der Waals surface area contributed by atoms with Crippen LogP contribution in [0.3, 0.4) is 0 Å². The first-order chi connectivity index (χ1) is 10.9. The first kappa shape index (κ1) is 19.5. The summed E-state index contributed by atoms with van der Waals surface area (Å²) in [5, 5.41) is 6.31. The van der Waals surface area contributed by atoms with Gasteiger partial charge < -0.3 is 15.4 Å². The first-order valence-corrected chi connectivity index (χ1v) is 8.66. The number of carbonyl (C=O) groups excluding carboxylic acids is 1. The molecular weight excluding hydrogens is 288 g/mol. The second-order valence-electron chi connectivity index (χ2n) is 6.86. The van der Waals surface area contributed by atoms with Crippen molar-refractivity contribution in [3.05, 3.63) is 35.4 Å². The number of hydrogen-bond acceptors (Lipinski definition) is 3. The number of unbranched alkanes of at least 4 members (excludes halogenated alkanes) is 3. The molecule has 0 heterocycles. The molecule has 1 rings (SSSR count). The third-order valence-corrected chi connectivity index (χ3v) is 3.46. The molecule has 1 aromatic rings. The highest BCUT2D eigenvalue weighted by Gasteiger charge is 2.15. The Balaban J connectivity index is 2.40. The van der Waals surface area contributed by atoms with Gasteiger partial charge in [0, 0.05) is 13.1 Å². The number of rotatable bonds is 9. The van der Waals surface area contributed by atoms with Crippen LogP contribution >= 0.6 is 0 Å². The van der Waals surface area contributed by atoms with Crippen LogP contribution in [-0.4, -0.2) is 18.2 Å². The lowest BCUT2D eigenvalue weighted by Gasteiger charge is -2.20. The molecule has 0 saturated heterocycles. The molecule has 1 aromatic carbocycles. The number of hydrogen-bond donors (Lipinski definition) is 2. The van der Waals surface area contributed by atoms with Crippen LogP contribution in [-0.2, 0) is 17.8 Å². The van der Waals surface area contributed by atoms with Crippen LogP contribution in [0.4, 0.5) is 4.79 Å². The molecule has 2 N–H and O–H groups in total. The molecule has 0 radical (unpaired) electrons. The van der Waals surface area contributed by atoms with E-state index >= 15 is 0 Å². The summed E-state index contributed by atoms with van der Waals surface area (Å²) in [5.74, 6) is 0. The summed E-state index contributed by atoms with van der Waals surface area (Å²) < 4.78 is 5.27. The van der Waals surface area contributed by atoms with Gasteiger partial charge in [-0.25, -0.2) is 4.79 Å². The quantitative estimate of drug-likeness (QED) is 0.664. The number of ether oxygens (including phenoxy) is 1. The highest BCUT2D eigenvalue weighted by atomic mass is 16.6. The second kappa shape index (κ2) is 10.3. The molecule has 4 heteroatoms. The number of benzene rings is 1. The van der Waals surface area contributed by atoms with Crippen LogP contribution < -0.4 is 10.6 Å². The summed E-state index contributed by atoms with van der Waals surface area (Å²) >= 11 is 0. The van der Waals surface area contributed by atoms with Crippen LogP contribution in [0.15, 0.2) is 24.3 Å². The van der Waals surface area contributed by atoms with E-state index in [0.717, 1.165) is 18.7 Å². The fourth-order valence-corrected chi connectivity index (χ4v) is 2.28. The normalized spacial score (nSPS) is 11.3. The zero-order valence-electron chi connectivity index (χ0n) is 15.1. The molecule has 0 fully saturated rings. The average Bonchev–Trinajstić information content (AvgIpc) is 2.48. The second-order valence-corrected chi connectivity index (χ2v) is 6.86. The van der Waals surface area contributed by atoms with Crippen molar-refractivity contribution in [3.63, 3.8) is 0 Å². The summed E-state index contributed by atoms with van der Waals surface area (Å²) in [4.78, 5) is 11.8. The van der Waals surface area contributed by atoms with Crippen LogP contribution in [0.5, 0.6) is 0 Å². The minimum absolute atomic E-state index is 0.375. The topological polar surface area (TPSA) is 50.4 Å². The Labute approximate surface area is 141 Å². The van der Waals surface area contributed by atoms with Gasteiger partial charge >= 0.3 is 6.09 Å². The van der Waals surface area contributed by atoms with Crippen LogP contribution in [0.25, 0.3) is 0 Å². The van der Waals surface area contributed by atoms with Crippen molar-refractivity contribution in [2.45, 2.75) is 72.1 Å². The van der Waals surface area contributed by atoms with Gasteiger partial charge in [-0.15, -0.1) is 0 Å². The van der Waals surface area contributed by atoms with Gasteiger partial charge in [0.15, 0.2) is 0 Å². The lowest BCUT2D eigenvalue weighted by Crippen LogP contribution is -2.32. The van der Waals surface area contributed by atoms with E-state index in [2.05, 4.69) is 23.6 Å². The maximum atomic E-state index is 11.8. The molecule has 0 bridgehead atoms. The lowest BCUT2D eigenvalue weighted by atomic mass is 10.1. The van der Waals surface area contributed by atoms with Gasteiger partial charge in [-0.2, -0.15) is 0 Å². The van der Waals surface area contributed by atoms with Gasteiger partial charge in [0.25, 0.3) is 0 Å². The standard InChI is InChI=1S/C19H32N2O2/c1-5-6-7-10-13-20-14-16-11-8-9-12-17(16)15-21-18(22)23-19(2,3)4/h8-9,11-12,20H,5-7,10,13-15H2,1-4H3,(H,21,22). The van der Waals surface area contributed by atoms with Gasteiger partial charge in [0.05, 0.1) is 0 Å². The minimum Gasteiger partial charge on any atom is -0.444 e. The summed E-state index contributed by atoms with van der Waals surface area (Å²) in [6, 6.07) is 8.18. The van der Waals surface area contributed by atoms with E-state index in [1.54, 1.807) is 0 Å². The number of amides is 1. The molecule has 1 amide bonds. The van der Waals surface area contributed by atoms with Gasteiger partial charge in [-0.3, -0.25) is 0 Å². The highest BCUT2D eigenvalue weighted by molar-refractivity contribution is 5.67. The molecular formula is C19H32N2O2. The molecule has 0 aliphatic carbocycles. The fraction of sp³-hybridized carbons (Fsp3) is 0.632. The van der Waals surface area contributed by atoms with Crippen molar-refractivity contribution in [1.82, 2.24) is 10.6 Å². The zero-order chi connectivity index (χ0) is 17.1. The molecule has 0 unspecified atom stereocenters. The van der Waals surface area contributed by atoms with Crippen molar-refractivity contribution in [3.8, 4) is 0 Å². The predicted octanol–water partition coefficient (Wildman–Crippen LogP) is 4.38. The summed E-state index contributed by atoms with van der Waals surface area (Å²) in [6.45, 7) is 10.2. The largest absolute Gasteiger partial charge is 0.444 e. The van der Waals surface area contributed by atoms with E-state index in [4.69, 9.17) is 4.74 Å². The Morgan fingerprint density at radius 3 is 2.30 bits per heavy atom. The zero-order valence-corrected chi connectivity index (χ0v) is 15.1. The van der Waals surface area contributed by atoms with E-state index in [9.17, 15) is 4.79 Å². The van der Waals surface area contributed by atoms with Crippen molar-refractivity contribution in [1.29, 1.82) is 0 Å². The molecule has 0 aliphatic heterocycles. The van der Waals surface area contributed by atoms with Crippen molar-refractivity contribution in [2.24, 2.45) is 0 Å². The summed E-state index contributed by atoms with van der Waals surface area (Å²) in [6.07, 6.45) is 4.69. The Kier molecular flexibility index (Phi) is 8.70. The maximum Gasteiger partial charge on any atom is 0.407 e. The van der Waals surface area contributed by atoms with Crippen LogP contribution in [0, 0.1) is 0 Å². The minimum atomic E-state index is -0.469. The highest BCUT2D eigenvalue weighted by Crippen LogP contribution is 2.10. The number of alkyl carbamates (subject to hydrolysis) is 1. The first-order valence-electron chi connectivity index (χ1n) is 8.66. The predicted molar refractivity (Wildman–Crippen MR) is 95.4 cm³/mol. The smallest absolute Gasteiger partial charge is 0.407 e. The molecule has 0 spiro atoms. The van der Waals surface area contributed by atoms with Crippen molar-refractivity contribution < 1.29 is 9.53 Å². The molecule has 4 nitrogen and oxygen atoms in total. The molecule has 0 atom stereocenters. The Bertz CT molecular complexity index is 467. The monoisotopic (exact) mass is 320 g/mol. The van der Waals surface area contributed by atoms with E-state index in [1.807, 2.05) is 39.0 Å². The average molecular weight is 320 g/mol. The van der Waals surface area contributed by atoms with Crippen LogP contribution in [0.1, 0.15) is 64.5 Å². The van der Waals surface area contributed by atoms with Crippen molar-refractivity contribution in [2.75, 3.05) is 6.54 Å². The molecule has 0 aliphatic rings. The van der Waals surface area contributed by atoms with Gasteiger partial charge in [0.2, 0.25) is 0 Å². The maximum absolute atomic E-state index is 11.8. The van der Waals surface area contributed by atoms with E-state index in [1.165, 1.54) is 31.2 Å². The molecule has 0 saturated carbocycles. The molecule has 130 valence electrons. The van der Waals surface area contributed by atoms with E-state index < -0.39 is 5.60 Å².